The molecule has 116 valence electrons. The summed E-state index contributed by atoms with van der Waals surface area (Å²) in [6.45, 7) is 2.91. The van der Waals surface area contributed by atoms with Crippen molar-refractivity contribution < 1.29 is 15.0 Å². The minimum absolute atomic E-state index is 0.260. The van der Waals surface area contributed by atoms with E-state index in [1.54, 1.807) is 0 Å². The van der Waals surface area contributed by atoms with Crippen LogP contribution in [-0.4, -0.2) is 71.4 Å². The van der Waals surface area contributed by atoms with Crippen LogP contribution in [0.3, 0.4) is 0 Å². The maximum Gasteiger partial charge on any atom is 0.306 e. The molecule has 2 N–H and O–H groups in total. The Balaban J connectivity index is 1.81. The van der Waals surface area contributed by atoms with Crippen LogP contribution in [0.4, 0.5) is 0 Å². The van der Waals surface area contributed by atoms with Crippen molar-refractivity contribution in [3.8, 4) is 0 Å². The Labute approximate surface area is 121 Å². The molecule has 0 spiro atoms. The van der Waals surface area contributed by atoms with E-state index in [4.69, 9.17) is 5.11 Å². The summed E-state index contributed by atoms with van der Waals surface area (Å²) in [5.74, 6) is -0.973. The third-order valence-electron chi connectivity index (χ3n) is 5.12. The Morgan fingerprint density at radius 3 is 2.30 bits per heavy atom. The average Bonchev–Trinajstić information content (AvgIpc) is 2.39. The zero-order valence-electron chi connectivity index (χ0n) is 12.7. The Morgan fingerprint density at radius 2 is 1.80 bits per heavy atom. The molecule has 1 aliphatic heterocycles. The molecule has 2 aliphatic rings. The Kier molecular flexibility index (Phi) is 5.04. The predicted octanol–water partition coefficient (Wildman–Crippen LogP) is 1.02. The molecule has 0 aromatic heterocycles. The molecule has 0 atom stereocenters. The summed E-state index contributed by atoms with van der Waals surface area (Å²) in [5, 5.41) is 19.7. The van der Waals surface area contributed by atoms with E-state index in [0.717, 1.165) is 25.9 Å². The molecule has 0 radical (unpaired) electrons. The Morgan fingerprint density at radius 1 is 1.25 bits per heavy atom. The Hall–Kier alpha value is -0.650. The van der Waals surface area contributed by atoms with Gasteiger partial charge < -0.3 is 20.0 Å². The van der Waals surface area contributed by atoms with Crippen molar-refractivity contribution in [2.45, 2.75) is 50.2 Å². The van der Waals surface area contributed by atoms with E-state index in [1.165, 1.54) is 0 Å². The zero-order chi connectivity index (χ0) is 14.8. The summed E-state index contributed by atoms with van der Waals surface area (Å²) in [4.78, 5) is 15.6. The van der Waals surface area contributed by atoms with Gasteiger partial charge in [0.15, 0.2) is 0 Å². The van der Waals surface area contributed by atoms with Gasteiger partial charge in [-0.1, -0.05) is 0 Å². The normalized spacial score (nSPS) is 33.5. The minimum Gasteiger partial charge on any atom is -0.481 e. The summed E-state index contributed by atoms with van der Waals surface area (Å²) in [5.41, 5.74) is -0.690. The SMILES string of the molecule is CN1CCC(N(C)CC2(O)CCC(C(=O)O)CC2)CC1. The third-order valence-corrected chi connectivity index (χ3v) is 5.12. The van der Waals surface area contributed by atoms with E-state index in [2.05, 4.69) is 23.9 Å². The molecule has 0 aromatic carbocycles. The molecule has 0 amide bonds. The molecule has 5 nitrogen and oxygen atoms in total. The molecule has 1 heterocycles. The molecule has 2 rings (SSSR count). The summed E-state index contributed by atoms with van der Waals surface area (Å²) >= 11 is 0. The van der Waals surface area contributed by atoms with Crippen molar-refractivity contribution in [3.05, 3.63) is 0 Å². The van der Waals surface area contributed by atoms with Gasteiger partial charge in [-0.3, -0.25) is 4.79 Å². The van der Waals surface area contributed by atoms with Gasteiger partial charge in [0.25, 0.3) is 0 Å². The van der Waals surface area contributed by atoms with Gasteiger partial charge in [0.2, 0.25) is 0 Å². The summed E-state index contributed by atoms with van der Waals surface area (Å²) in [6, 6.07) is 0.549. The monoisotopic (exact) mass is 284 g/mol. The first kappa shape index (κ1) is 15.7. The summed E-state index contributed by atoms with van der Waals surface area (Å²) < 4.78 is 0. The van der Waals surface area contributed by atoms with Crippen molar-refractivity contribution >= 4 is 5.97 Å². The van der Waals surface area contributed by atoms with Crippen LogP contribution in [0.15, 0.2) is 0 Å². The number of rotatable bonds is 4. The van der Waals surface area contributed by atoms with Crippen molar-refractivity contribution in [1.29, 1.82) is 0 Å². The summed E-state index contributed by atoms with van der Waals surface area (Å²) in [6.07, 6.45) is 4.74. The lowest BCUT2D eigenvalue weighted by Gasteiger charge is -2.42. The number of carboxylic acid groups (broad SMARTS) is 1. The van der Waals surface area contributed by atoms with Crippen molar-refractivity contribution in [2.24, 2.45) is 5.92 Å². The zero-order valence-corrected chi connectivity index (χ0v) is 12.7. The van der Waals surface area contributed by atoms with Crippen LogP contribution in [0, 0.1) is 5.92 Å². The molecule has 1 aliphatic carbocycles. The van der Waals surface area contributed by atoms with Crippen LogP contribution < -0.4 is 0 Å². The van der Waals surface area contributed by atoms with Gasteiger partial charge >= 0.3 is 5.97 Å². The lowest BCUT2D eigenvalue weighted by atomic mass is 9.78. The first-order valence-corrected chi connectivity index (χ1v) is 7.73. The van der Waals surface area contributed by atoms with Gasteiger partial charge in [0.1, 0.15) is 0 Å². The molecule has 0 bridgehead atoms. The minimum atomic E-state index is -0.712. The molecule has 5 heteroatoms. The van der Waals surface area contributed by atoms with Crippen molar-refractivity contribution in [2.75, 3.05) is 33.7 Å². The summed E-state index contributed by atoms with van der Waals surface area (Å²) in [7, 11) is 4.24. The lowest BCUT2D eigenvalue weighted by molar-refractivity contribution is -0.145. The fourth-order valence-electron chi connectivity index (χ4n) is 3.59. The highest BCUT2D eigenvalue weighted by atomic mass is 16.4. The highest BCUT2D eigenvalue weighted by molar-refractivity contribution is 5.70. The van der Waals surface area contributed by atoms with Crippen LogP contribution in [0.25, 0.3) is 0 Å². The van der Waals surface area contributed by atoms with E-state index in [0.29, 0.717) is 38.3 Å². The highest BCUT2D eigenvalue weighted by Gasteiger charge is 2.37. The van der Waals surface area contributed by atoms with Gasteiger partial charge in [-0.05, 0) is 65.7 Å². The third kappa shape index (κ3) is 3.93. The number of carbonyl (C=O) groups is 1. The number of carboxylic acids is 1. The molecular weight excluding hydrogens is 256 g/mol. The number of piperidine rings is 1. The standard InChI is InChI=1S/C15H28N2O3/c1-16-9-5-13(6-10-16)17(2)11-15(20)7-3-12(4-8-15)14(18)19/h12-13,20H,3-11H2,1-2H3,(H,18,19). The first-order valence-electron chi connectivity index (χ1n) is 7.73. The van der Waals surface area contributed by atoms with Crippen molar-refractivity contribution in [1.82, 2.24) is 9.80 Å². The van der Waals surface area contributed by atoms with Gasteiger partial charge in [0.05, 0.1) is 11.5 Å². The number of likely N-dealkylation sites (N-methyl/N-ethyl adjacent to an activating group) is 1. The molecule has 1 saturated heterocycles. The van der Waals surface area contributed by atoms with Gasteiger partial charge in [0, 0.05) is 12.6 Å². The molecule has 20 heavy (non-hydrogen) atoms. The quantitative estimate of drug-likeness (QED) is 0.807. The van der Waals surface area contributed by atoms with E-state index < -0.39 is 11.6 Å². The second-order valence-corrected chi connectivity index (χ2v) is 6.79. The lowest BCUT2D eigenvalue weighted by Crippen LogP contribution is -2.50. The van der Waals surface area contributed by atoms with Crippen LogP contribution in [-0.2, 0) is 4.79 Å². The van der Waals surface area contributed by atoms with E-state index in [-0.39, 0.29) is 5.92 Å². The number of nitrogens with zero attached hydrogens (tertiary/aromatic N) is 2. The van der Waals surface area contributed by atoms with Crippen LogP contribution in [0.1, 0.15) is 38.5 Å². The number of hydrogen-bond donors (Lipinski definition) is 2. The van der Waals surface area contributed by atoms with Gasteiger partial charge in [-0.15, -0.1) is 0 Å². The van der Waals surface area contributed by atoms with Crippen LogP contribution in [0.2, 0.25) is 0 Å². The molecule has 0 unspecified atom stereocenters. The van der Waals surface area contributed by atoms with E-state index in [9.17, 15) is 9.90 Å². The first-order chi connectivity index (χ1) is 9.39. The maximum atomic E-state index is 11.0. The van der Waals surface area contributed by atoms with Crippen LogP contribution >= 0.6 is 0 Å². The fourth-order valence-corrected chi connectivity index (χ4v) is 3.59. The number of likely N-dealkylation sites (tertiary alicyclic amines) is 1. The van der Waals surface area contributed by atoms with Crippen LogP contribution in [0.5, 0.6) is 0 Å². The smallest absolute Gasteiger partial charge is 0.306 e. The Bertz CT molecular complexity index is 332. The molecular formula is C15H28N2O3. The second-order valence-electron chi connectivity index (χ2n) is 6.79. The van der Waals surface area contributed by atoms with E-state index in [1.807, 2.05) is 0 Å². The topological polar surface area (TPSA) is 64.0 Å². The molecule has 1 saturated carbocycles. The fraction of sp³-hybridized carbons (Fsp3) is 0.933. The largest absolute Gasteiger partial charge is 0.481 e. The predicted molar refractivity (Wildman–Crippen MR) is 77.7 cm³/mol. The van der Waals surface area contributed by atoms with Crippen molar-refractivity contribution in [3.63, 3.8) is 0 Å². The maximum absolute atomic E-state index is 11.0. The molecule has 0 aromatic rings. The number of aliphatic carboxylic acids is 1. The number of aliphatic hydroxyl groups is 1. The number of hydrogen-bond acceptors (Lipinski definition) is 4. The highest BCUT2D eigenvalue weighted by Crippen LogP contribution is 2.33. The second kappa shape index (κ2) is 6.41. The average molecular weight is 284 g/mol. The molecule has 2 fully saturated rings. The van der Waals surface area contributed by atoms with Gasteiger partial charge in [-0.2, -0.15) is 0 Å². The van der Waals surface area contributed by atoms with E-state index >= 15 is 0 Å². The van der Waals surface area contributed by atoms with Gasteiger partial charge in [-0.25, -0.2) is 0 Å².